The number of esters is 1. The molecule has 0 radical (unpaired) electrons. The first-order valence-corrected chi connectivity index (χ1v) is 7.02. The maximum Gasteiger partial charge on any atom is 0.357 e. The molecule has 0 saturated heterocycles. The standard InChI is InChI=1S/C15H13N3O2S/c1-2-20-15(19)12-8-13-11(14(21)17-12)9-16-18(13)10-6-4-3-5-7-10/h3-9,11H,2H2,1H3. The van der Waals surface area contributed by atoms with Gasteiger partial charge in [-0.15, -0.1) is 0 Å². The first-order chi connectivity index (χ1) is 10.2. The number of nitrogens with zero attached hydrogens (tertiary/aromatic N) is 3. The summed E-state index contributed by atoms with van der Waals surface area (Å²) in [6.45, 7) is 2.06. The molecule has 21 heavy (non-hydrogen) atoms. The highest BCUT2D eigenvalue weighted by molar-refractivity contribution is 7.80. The lowest BCUT2D eigenvalue weighted by atomic mass is 10.0. The summed E-state index contributed by atoms with van der Waals surface area (Å²) in [5.74, 6) is -0.635. The van der Waals surface area contributed by atoms with E-state index in [1.165, 1.54) is 0 Å². The molecule has 2 heterocycles. The minimum atomic E-state index is -0.467. The van der Waals surface area contributed by atoms with Crippen molar-refractivity contribution in [2.45, 2.75) is 6.92 Å². The van der Waals surface area contributed by atoms with Crippen molar-refractivity contribution in [1.82, 2.24) is 0 Å². The Labute approximate surface area is 127 Å². The monoisotopic (exact) mass is 299 g/mol. The molecule has 0 N–H and O–H groups in total. The summed E-state index contributed by atoms with van der Waals surface area (Å²) in [6, 6.07) is 9.69. The zero-order valence-corrected chi connectivity index (χ0v) is 12.2. The van der Waals surface area contributed by atoms with Crippen molar-refractivity contribution < 1.29 is 9.53 Å². The number of ether oxygens (including phenoxy) is 1. The van der Waals surface area contributed by atoms with Crippen LogP contribution in [0, 0.1) is 5.92 Å². The van der Waals surface area contributed by atoms with Crippen LogP contribution in [0.4, 0.5) is 5.69 Å². The van der Waals surface area contributed by atoms with Crippen molar-refractivity contribution in [3.8, 4) is 0 Å². The summed E-state index contributed by atoms with van der Waals surface area (Å²) in [7, 11) is 0. The van der Waals surface area contributed by atoms with E-state index in [0.29, 0.717) is 11.6 Å². The number of benzene rings is 1. The molecule has 0 aliphatic carbocycles. The van der Waals surface area contributed by atoms with Gasteiger partial charge in [0.15, 0.2) is 5.71 Å². The molecule has 0 bridgehead atoms. The summed E-state index contributed by atoms with van der Waals surface area (Å²) in [4.78, 5) is 16.4. The second-order valence-corrected chi connectivity index (χ2v) is 4.93. The average molecular weight is 299 g/mol. The number of rotatable bonds is 3. The summed E-state index contributed by atoms with van der Waals surface area (Å²) in [6.07, 6.45) is 3.44. The van der Waals surface area contributed by atoms with Gasteiger partial charge in [0.05, 0.1) is 23.9 Å². The average Bonchev–Trinajstić information content (AvgIpc) is 2.93. The van der Waals surface area contributed by atoms with Crippen LogP contribution >= 0.6 is 12.2 Å². The predicted molar refractivity (Wildman–Crippen MR) is 85.7 cm³/mol. The van der Waals surface area contributed by atoms with E-state index in [4.69, 9.17) is 17.0 Å². The molecule has 3 rings (SSSR count). The third-order valence-corrected chi connectivity index (χ3v) is 3.51. The maximum absolute atomic E-state index is 11.9. The normalized spacial score (nSPS) is 20.0. The van der Waals surface area contributed by atoms with Crippen LogP contribution in [0.15, 0.2) is 52.2 Å². The van der Waals surface area contributed by atoms with Crippen LogP contribution in [0.25, 0.3) is 0 Å². The number of dihydropyridines is 1. The van der Waals surface area contributed by atoms with Crippen molar-refractivity contribution in [2.75, 3.05) is 11.6 Å². The highest BCUT2D eigenvalue weighted by atomic mass is 32.1. The Morgan fingerprint density at radius 3 is 2.86 bits per heavy atom. The van der Waals surface area contributed by atoms with Gasteiger partial charge < -0.3 is 4.74 Å². The molecule has 1 aromatic carbocycles. The van der Waals surface area contributed by atoms with E-state index in [-0.39, 0.29) is 11.6 Å². The highest BCUT2D eigenvalue weighted by Gasteiger charge is 2.33. The molecular formula is C15H13N3O2S. The maximum atomic E-state index is 11.9. The Morgan fingerprint density at radius 1 is 1.38 bits per heavy atom. The van der Waals surface area contributed by atoms with Gasteiger partial charge >= 0.3 is 5.97 Å². The van der Waals surface area contributed by atoms with E-state index in [9.17, 15) is 4.79 Å². The lowest BCUT2D eigenvalue weighted by Gasteiger charge is -2.22. The predicted octanol–water partition coefficient (Wildman–Crippen LogP) is 2.34. The van der Waals surface area contributed by atoms with Gasteiger partial charge in [-0.25, -0.2) is 14.8 Å². The van der Waals surface area contributed by atoms with E-state index in [1.54, 1.807) is 24.2 Å². The molecule has 6 heteroatoms. The second kappa shape index (κ2) is 5.57. The van der Waals surface area contributed by atoms with Crippen molar-refractivity contribution >= 4 is 40.8 Å². The van der Waals surface area contributed by atoms with Crippen molar-refractivity contribution in [3.63, 3.8) is 0 Å². The fourth-order valence-corrected chi connectivity index (χ4v) is 2.48. The van der Waals surface area contributed by atoms with Gasteiger partial charge in [0.2, 0.25) is 0 Å². The molecule has 1 unspecified atom stereocenters. The number of aliphatic imine (C=N–C) groups is 1. The Balaban J connectivity index is 1.95. The van der Waals surface area contributed by atoms with Gasteiger partial charge in [-0.2, -0.15) is 5.10 Å². The fraction of sp³-hybridized carbons (Fsp3) is 0.200. The largest absolute Gasteiger partial charge is 0.461 e. The molecule has 0 saturated carbocycles. The number of anilines is 1. The van der Waals surface area contributed by atoms with Crippen LogP contribution in [-0.2, 0) is 9.53 Å². The first kappa shape index (κ1) is 13.6. The zero-order valence-electron chi connectivity index (χ0n) is 11.4. The van der Waals surface area contributed by atoms with E-state index >= 15 is 0 Å². The van der Waals surface area contributed by atoms with Crippen LogP contribution in [0.3, 0.4) is 0 Å². The Hall–Kier alpha value is -2.34. The topological polar surface area (TPSA) is 54.3 Å². The molecule has 2 aliphatic rings. The third-order valence-electron chi connectivity index (χ3n) is 3.16. The number of para-hydroxylation sites is 1. The lowest BCUT2D eigenvalue weighted by Crippen LogP contribution is -2.29. The van der Waals surface area contributed by atoms with Gasteiger partial charge in [0, 0.05) is 6.21 Å². The molecule has 0 amide bonds. The van der Waals surface area contributed by atoms with Crippen molar-refractivity contribution in [1.29, 1.82) is 0 Å². The van der Waals surface area contributed by atoms with Crippen molar-refractivity contribution in [2.24, 2.45) is 16.0 Å². The van der Waals surface area contributed by atoms with Crippen LogP contribution in [-0.4, -0.2) is 29.5 Å². The molecule has 106 valence electrons. The SMILES string of the molecule is CCOC(=O)C1=NC(=S)C2C=NN(c3ccccc3)C2=C1. The van der Waals surface area contributed by atoms with E-state index < -0.39 is 5.97 Å². The van der Waals surface area contributed by atoms with Gasteiger partial charge in [0.25, 0.3) is 0 Å². The Kier molecular flexibility index (Phi) is 3.62. The van der Waals surface area contributed by atoms with Crippen LogP contribution in [0.5, 0.6) is 0 Å². The Bertz CT molecular complexity index is 679. The van der Waals surface area contributed by atoms with E-state index in [2.05, 4.69) is 10.1 Å². The number of thiocarbonyl (C=S) groups is 1. The van der Waals surface area contributed by atoms with Crippen molar-refractivity contribution in [3.05, 3.63) is 42.1 Å². The number of hydrogen-bond acceptors (Lipinski definition) is 5. The summed E-state index contributed by atoms with van der Waals surface area (Å²) < 4.78 is 4.99. The molecule has 1 atom stereocenters. The van der Waals surface area contributed by atoms with E-state index in [1.807, 2.05) is 30.3 Å². The first-order valence-electron chi connectivity index (χ1n) is 6.61. The quantitative estimate of drug-likeness (QED) is 0.635. The van der Waals surface area contributed by atoms with Gasteiger partial charge in [-0.1, -0.05) is 30.4 Å². The van der Waals surface area contributed by atoms with Gasteiger partial charge in [0.1, 0.15) is 4.99 Å². The van der Waals surface area contributed by atoms with Crippen LogP contribution < -0.4 is 5.01 Å². The molecule has 0 spiro atoms. The molecular weight excluding hydrogens is 286 g/mol. The van der Waals surface area contributed by atoms with E-state index in [0.717, 1.165) is 11.4 Å². The molecule has 2 aliphatic heterocycles. The molecule has 0 aromatic heterocycles. The minimum absolute atomic E-state index is 0.168. The van der Waals surface area contributed by atoms with Crippen LogP contribution in [0.2, 0.25) is 0 Å². The molecule has 1 aromatic rings. The summed E-state index contributed by atoms with van der Waals surface area (Å²) in [5, 5.41) is 6.14. The number of hydrogen-bond donors (Lipinski definition) is 0. The number of hydrazone groups is 1. The molecule has 0 fully saturated rings. The zero-order chi connectivity index (χ0) is 14.8. The van der Waals surface area contributed by atoms with Gasteiger partial charge in [-0.3, -0.25) is 0 Å². The number of carbonyl (C=O) groups is 1. The molecule has 5 nitrogen and oxygen atoms in total. The number of fused-ring (bicyclic) bond motifs is 1. The third kappa shape index (κ3) is 2.50. The second-order valence-electron chi connectivity index (χ2n) is 4.51. The highest BCUT2D eigenvalue weighted by Crippen LogP contribution is 2.31. The summed E-state index contributed by atoms with van der Waals surface area (Å²) in [5.41, 5.74) is 1.96. The summed E-state index contributed by atoms with van der Waals surface area (Å²) >= 11 is 5.27. The van der Waals surface area contributed by atoms with Crippen LogP contribution in [0.1, 0.15) is 6.92 Å². The minimum Gasteiger partial charge on any atom is -0.461 e. The number of carbonyl (C=O) groups excluding carboxylic acids is 1. The van der Waals surface area contributed by atoms with Gasteiger partial charge in [-0.05, 0) is 25.1 Å². The fourth-order valence-electron chi connectivity index (χ4n) is 2.20. The smallest absolute Gasteiger partial charge is 0.357 e. The Morgan fingerprint density at radius 2 is 2.14 bits per heavy atom. The lowest BCUT2D eigenvalue weighted by molar-refractivity contribution is -0.134.